The minimum atomic E-state index is -0.332. The molecule has 2 N–H and O–H groups in total. The average molecular weight is 390 g/mol. The summed E-state index contributed by atoms with van der Waals surface area (Å²) >= 11 is 0. The number of carbonyl (C=O) groups excluding carboxylic acids is 1. The number of fused-ring (bicyclic) bond motifs is 2. The highest BCUT2D eigenvalue weighted by Crippen LogP contribution is 2.32. The fourth-order valence-corrected chi connectivity index (χ4v) is 3.01. The molecule has 1 aromatic heterocycles. The van der Waals surface area contributed by atoms with Crippen LogP contribution >= 0.6 is 0 Å². The standard InChI is InChI=1S/C21H18N4O4/c1-13(8-14-6-7-18-19(9-14)29-12-28-18)11-22-24-20(26)10-17-15-4-2-3-5-16(15)21(27)25-23-17/h2-9,11H,10,12H2,1H3,(H,24,26)(H,25,27)/b13-8+,22-11+. The highest BCUT2D eigenvalue weighted by Gasteiger charge is 2.12. The van der Waals surface area contributed by atoms with Gasteiger partial charge >= 0.3 is 0 Å². The quantitative estimate of drug-likeness (QED) is 0.514. The molecule has 0 radical (unpaired) electrons. The fourth-order valence-electron chi connectivity index (χ4n) is 3.01. The predicted molar refractivity (Wildman–Crippen MR) is 109 cm³/mol. The van der Waals surface area contributed by atoms with Crippen LogP contribution in [0.2, 0.25) is 0 Å². The summed E-state index contributed by atoms with van der Waals surface area (Å²) in [5, 5.41) is 11.5. The first-order valence-electron chi connectivity index (χ1n) is 8.96. The van der Waals surface area contributed by atoms with Gasteiger partial charge in [-0.2, -0.15) is 10.2 Å². The lowest BCUT2D eigenvalue weighted by Gasteiger charge is -2.04. The van der Waals surface area contributed by atoms with Crippen LogP contribution in [0.4, 0.5) is 0 Å². The van der Waals surface area contributed by atoms with Crippen molar-refractivity contribution < 1.29 is 14.3 Å². The van der Waals surface area contributed by atoms with Gasteiger partial charge in [-0.3, -0.25) is 9.59 Å². The first kappa shape index (κ1) is 18.4. The molecule has 8 heteroatoms. The van der Waals surface area contributed by atoms with E-state index in [0.29, 0.717) is 22.2 Å². The lowest BCUT2D eigenvalue weighted by molar-refractivity contribution is -0.120. The van der Waals surface area contributed by atoms with Crippen LogP contribution in [0.25, 0.3) is 16.8 Å². The average Bonchev–Trinajstić information content (AvgIpc) is 3.18. The normalized spacial score (nSPS) is 13.2. The van der Waals surface area contributed by atoms with Crippen LogP contribution < -0.4 is 20.5 Å². The van der Waals surface area contributed by atoms with E-state index >= 15 is 0 Å². The molecule has 1 aliphatic heterocycles. The lowest BCUT2D eigenvalue weighted by Crippen LogP contribution is -2.22. The van der Waals surface area contributed by atoms with Gasteiger partial charge in [0.15, 0.2) is 11.5 Å². The van der Waals surface area contributed by atoms with E-state index < -0.39 is 0 Å². The van der Waals surface area contributed by atoms with Gasteiger partial charge in [-0.25, -0.2) is 10.5 Å². The summed E-state index contributed by atoms with van der Waals surface area (Å²) in [6, 6.07) is 12.7. The van der Waals surface area contributed by atoms with Crippen molar-refractivity contribution in [2.24, 2.45) is 5.10 Å². The summed E-state index contributed by atoms with van der Waals surface area (Å²) in [5.41, 5.74) is 4.47. The van der Waals surface area contributed by atoms with Gasteiger partial charge in [-0.1, -0.05) is 30.3 Å². The predicted octanol–water partition coefficient (Wildman–Crippen LogP) is 2.40. The molecule has 0 bridgehead atoms. The minimum absolute atomic E-state index is 0.000440. The summed E-state index contributed by atoms with van der Waals surface area (Å²) in [7, 11) is 0. The number of hydrogen-bond donors (Lipinski definition) is 2. The molecular formula is C21H18N4O4. The smallest absolute Gasteiger partial charge is 0.272 e. The summed E-state index contributed by atoms with van der Waals surface area (Å²) in [6.07, 6.45) is 3.47. The molecule has 2 heterocycles. The Morgan fingerprint density at radius 3 is 2.86 bits per heavy atom. The zero-order valence-corrected chi connectivity index (χ0v) is 15.6. The Morgan fingerprint density at radius 2 is 2.00 bits per heavy atom. The second-order valence-corrected chi connectivity index (χ2v) is 6.52. The van der Waals surface area contributed by atoms with Crippen molar-refractivity contribution in [1.29, 1.82) is 0 Å². The van der Waals surface area contributed by atoms with Gasteiger partial charge in [0.1, 0.15) is 0 Å². The number of aromatic amines is 1. The molecule has 8 nitrogen and oxygen atoms in total. The molecule has 0 aliphatic carbocycles. The number of H-pyrrole nitrogens is 1. The van der Waals surface area contributed by atoms with Gasteiger partial charge in [0.2, 0.25) is 12.7 Å². The third-order valence-electron chi connectivity index (χ3n) is 4.35. The summed E-state index contributed by atoms with van der Waals surface area (Å²) in [6.45, 7) is 2.10. The molecule has 0 atom stereocenters. The number of hydrogen-bond acceptors (Lipinski definition) is 6. The summed E-state index contributed by atoms with van der Waals surface area (Å²) in [4.78, 5) is 24.0. The van der Waals surface area contributed by atoms with E-state index in [1.165, 1.54) is 0 Å². The van der Waals surface area contributed by atoms with Crippen LogP contribution in [-0.4, -0.2) is 29.1 Å². The molecule has 0 spiro atoms. The second-order valence-electron chi connectivity index (χ2n) is 6.52. The van der Waals surface area contributed by atoms with Gasteiger partial charge in [0.05, 0.1) is 23.7 Å². The monoisotopic (exact) mass is 390 g/mol. The van der Waals surface area contributed by atoms with Crippen LogP contribution in [-0.2, 0) is 11.2 Å². The van der Waals surface area contributed by atoms with Gasteiger partial charge in [-0.05, 0) is 36.3 Å². The molecular weight excluding hydrogens is 372 g/mol. The van der Waals surface area contributed by atoms with Crippen LogP contribution in [0.1, 0.15) is 18.2 Å². The topological polar surface area (TPSA) is 106 Å². The number of ether oxygens (including phenoxy) is 2. The van der Waals surface area contributed by atoms with Crippen molar-refractivity contribution in [3.8, 4) is 11.5 Å². The maximum absolute atomic E-state index is 12.2. The minimum Gasteiger partial charge on any atom is -0.454 e. The van der Waals surface area contributed by atoms with Crippen molar-refractivity contribution >= 4 is 29.0 Å². The molecule has 0 unspecified atom stereocenters. The van der Waals surface area contributed by atoms with Crippen molar-refractivity contribution in [3.63, 3.8) is 0 Å². The second kappa shape index (κ2) is 7.97. The largest absolute Gasteiger partial charge is 0.454 e. The Bertz CT molecular complexity index is 1200. The Morgan fingerprint density at radius 1 is 1.21 bits per heavy atom. The zero-order valence-electron chi connectivity index (χ0n) is 15.6. The Kier molecular flexibility index (Phi) is 5.07. The van der Waals surface area contributed by atoms with E-state index in [-0.39, 0.29) is 24.7 Å². The van der Waals surface area contributed by atoms with E-state index in [2.05, 4.69) is 20.7 Å². The molecule has 146 valence electrons. The van der Waals surface area contributed by atoms with Crippen LogP contribution in [0, 0.1) is 0 Å². The molecule has 1 amide bonds. The lowest BCUT2D eigenvalue weighted by atomic mass is 10.1. The van der Waals surface area contributed by atoms with Gasteiger partial charge in [0, 0.05) is 5.39 Å². The highest BCUT2D eigenvalue weighted by molar-refractivity contribution is 5.89. The van der Waals surface area contributed by atoms with Gasteiger partial charge < -0.3 is 9.47 Å². The molecule has 2 aromatic carbocycles. The fraction of sp³-hybridized carbons (Fsp3) is 0.143. The molecule has 4 rings (SSSR count). The van der Waals surface area contributed by atoms with Gasteiger partial charge in [0.25, 0.3) is 5.56 Å². The van der Waals surface area contributed by atoms with Crippen LogP contribution in [0.3, 0.4) is 0 Å². The number of nitrogens with zero attached hydrogens (tertiary/aromatic N) is 2. The highest BCUT2D eigenvalue weighted by atomic mass is 16.7. The van der Waals surface area contributed by atoms with Crippen LogP contribution in [0.5, 0.6) is 11.5 Å². The molecule has 3 aromatic rings. The zero-order chi connectivity index (χ0) is 20.2. The first-order valence-corrected chi connectivity index (χ1v) is 8.96. The Hall–Kier alpha value is -3.94. The number of hydrazone groups is 1. The van der Waals surface area contributed by atoms with Crippen molar-refractivity contribution in [2.75, 3.05) is 6.79 Å². The third kappa shape index (κ3) is 4.16. The molecule has 0 fully saturated rings. The maximum atomic E-state index is 12.2. The first-order chi connectivity index (χ1) is 14.1. The van der Waals surface area contributed by atoms with E-state index in [4.69, 9.17) is 9.47 Å². The van der Waals surface area contributed by atoms with Crippen molar-refractivity contribution in [3.05, 3.63) is 69.6 Å². The van der Waals surface area contributed by atoms with Gasteiger partial charge in [-0.15, -0.1) is 0 Å². The Balaban J connectivity index is 1.40. The number of aromatic nitrogens is 2. The molecule has 0 saturated heterocycles. The number of amides is 1. The SMILES string of the molecule is CC(/C=N/NC(=O)Cc1n[nH]c(=O)c2ccccc12)=C\c1ccc2c(c1)OCO2. The van der Waals surface area contributed by atoms with Crippen molar-refractivity contribution in [2.45, 2.75) is 13.3 Å². The Labute approximate surface area is 165 Å². The van der Waals surface area contributed by atoms with E-state index in [0.717, 1.165) is 16.9 Å². The summed E-state index contributed by atoms with van der Waals surface area (Å²) < 4.78 is 10.6. The molecule has 29 heavy (non-hydrogen) atoms. The summed E-state index contributed by atoms with van der Waals surface area (Å²) in [5.74, 6) is 1.10. The van der Waals surface area contributed by atoms with Crippen LogP contribution in [0.15, 0.2) is 57.9 Å². The van der Waals surface area contributed by atoms with E-state index in [9.17, 15) is 9.59 Å². The number of nitrogens with one attached hydrogen (secondary N) is 2. The molecule has 0 saturated carbocycles. The number of benzene rings is 2. The third-order valence-corrected chi connectivity index (χ3v) is 4.35. The number of allylic oxidation sites excluding steroid dienone is 1. The number of rotatable bonds is 5. The van der Waals surface area contributed by atoms with E-state index in [1.54, 1.807) is 30.5 Å². The number of carbonyl (C=O) groups is 1. The molecule has 1 aliphatic rings. The maximum Gasteiger partial charge on any atom is 0.272 e. The van der Waals surface area contributed by atoms with Crippen molar-refractivity contribution in [1.82, 2.24) is 15.6 Å². The van der Waals surface area contributed by atoms with E-state index in [1.807, 2.05) is 31.2 Å².